The molecule has 0 atom stereocenters. The minimum atomic E-state index is -4.76. The monoisotopic (exact) mass is 181 g/mol. The third kappa shape index (κ3) is 1.36. The van der Waals surface area contributed by atoms with Crippen LogP contribution in [0.5, 0.6) is 0 Å². The van der Waals surface area contributed by atoms with Gasteiger partial charge < -0.3 is 0 Å². The van der Waals surface area contributed by atoms with E-state index in [1.807, 2.05) is 0 Å². The predicted octanol–water partition coefficient (Wildman–Crippen LogP) is 1.34. The Kier molecular flexibility index (Phi) is 1.75. The standard InChI is InChI=1S/C4H2F3N3O2/c5-4(6,7)3-2(10(11)12)1-8-9-3/h1H,(H,8,9). The average molecular weight is 181 g/mol. The molecule has 8 heteroatoms. The summed E-state index contributed by atoms with van der Waals surface area (Å²) in [6.45, 7) is 0. The van der Waals surface area contributed by atoms with Crippen molar-refractivity contribution in [2.24, 2.45) is 0 Å². The van der Waals surface area contributed by atoms with Crippen LogP contribution in [0.1, 0.15) is 5.69 Å². The molecule has 0 bridgehead atoms. The molecule has 1 rings (SSSR count). The van der Waals surface area contributed by atoms with Crippen molar-refractivity contribution in [1.29, 1.82) is 0 Å². The lowest BCUT2D eigenvalue weighted by Gasteiger charge is -2.00. The maximum Gasteiger partial charge on any atom is 0.439 e. The third-order valence-corrected chi connectivity index (χ3v) is 1.10. The van der Waals surface area contributed by atoms with E-state index in [-0.39, 0.29) is 0 Å². The Bertz CT molecular complexity index is 305. The molecule has 1 aromatic heterocycles. The van der Waals surface area contributed by atoms with E-state index in [4.69, 9.17) is 0 Å². The third-order valence-electron chi connectivity index (χ3n) is 1.10. The minimum Gasteiger partial charge on any atom is -0.268 e. The zero-order valence-corrected chi connectivity index (χ0v) is 5.42. The summed E-state index contributed by atoms with van der Waals surface area (Å²) in [5, 5.41) is 14.4. The highest BCUT2D eigenvalue weighted by atomic mass is 19.4. The van der Waals surface area contributed by atoms with Crippen LogP contribution in [0.4, 0.5) is 18.9 Å². The SMILES string of the molecule is O=[N+]([O-])c1cn[nH]c1C(F)(F)F. The first-order chi connectivity index (χ1) is 5.43. The first kappa shape index (κ1) is 8.50. The predicted molar refractivity (Wildman–Crippen MR) is 30.2 cm³/mol. The van der Waals surface area contributed by atoms with Crippen LogP contribution in [-0.4, -0.2) is 15.1 Å². The first-order valence-electron chi connectivity index (χ1n) is 2.68. The number of aromatic amines is 1. The van der Waals surface area contributed by atoms with Gasteiger partial charge >= 0.3 is 11.9 Å². The number of nitro groups is 1. The van der Waals surface area contributed by atoms with E-state index in [1.165, 1.54) is 5.10 Å². The van der Waals surface area contributed by atoms with Gasteiger partial charge in [0.1, 0.15) is 6.20 Å². The van der Waals surface area contributed by atoms with Crippen LogP contribution >= 0.6 is 0 Å². The molecule has 0 aliphatic heterocycles. The molecule has 0 aliphatic carbocycles. The molecule has 12 heavy (non-hydrogen) atoms. The molecular formula is C4H2F3N3O2. The number of rotatable bonds is 1. The fraction of sp³-hybridized carbons (Fsp3) is 0.250. The quantitative estimate of drug-likeness (QED) is 0.524. The number of H-pyrrole nitrogens is 1. The second-order valence-electron chi connectivity index (χ2n) is 1.89. The molecule has 0 spiro atoms. The second kappa shape index (κ2) is 2.47. The number of nitrogens with zero attached hydrogens (tertiary/aromatic N) is 2. The van der Waals surface area contributed by atoms with Crippen molar-refractivity contribution in [3.05, 3.63) is 22.0 Å². The zero-order chi connectivity index (χ0) is 9.35. The Morgan fingerprint density at radius 3 is 2.50 bits per heavy atom. The van der Waals surface area contributed by atoms with Crippen LogP contribution in [0.3, 0.4) is 0 Å². The number of hydrogen-bond donors (Lipinski definition) is 1. The normalized spacial score (nSPS) is 11.6. The van der Waals surface area contributed by atoms with Crippen LogP contribution in [0.25, 0.3) is 0 Å². The van der Waals surface area contributed by atoms with Crippen LogP contribution in [-0.2, 0) is 6.18 Å². The Hall–Kier alpha value is -1.60. The first-order valence-corrected chi connectivity index (χ1v) is 2.68. The van der Waals surface area contributed by atoms with Crippen molar-refractivity contribution in [2.75, 3.05) is 0 Å². The van der Waals surface area contributed by atoms with Crippen LogP contribution in [0.2, 0.25) is 0 Å². The van der Waals surface area contributed by atoms with Gasteiger partial charge in [-0.2, -0.15) is 18.3 Å². The van der Waals surface area contributed by atoms with E-state index in [0.717, 1.165) is 0 Å². The van der Waals surface area contributed by atoms with E-state index in [2.05, 4.69) is 5.10 Å². The Balaban J connectivity index is 3.17. The van der Waals surface area contributed by atoms with Crippen molar-refractivity contribution in [1.82, 2.24) is 10.2 Å². The van der Waals surface area contributed by atoms with Gasteiger partial charge in [0, 0.05) is 0 Å². The average Bonchev–Trinajstić information content (AvgIpc) is 2.30. The summed E-state index contributed by atoms with van der Waals surface area (Å²) in [6, 6.07) is 0. The van der Waals surface area contributed by atoms with Gasteiger partial charge in [0.15, 0.2) is 0 Å². The topological polar surface area (TPSA) is 71.8 Å². The molecule has 0 saturated carbocycles. The molecule has 0 saturated heterocycles. The highest BCUT2D eigenvalue weighted by molar-refractivity contribution is 5.33. The second-order valence-corrected chi connectivity index (χ2v) is 1.89. The molecule has 5 nitrogen and oxygen atoms in total. The highest BCUT2D eigenvalue weighted by Gasteiger charge is 2.40. The number of aromatic nitrogens is 2. The highest BCUT2D eigenvalue weighted by Crippen LogP contribution is 2.33. The summed E-state index contributed by atoms with van der Waals surface area (Å²) >= 11 is 0. The molecule has 0 fully saturated rings. The van der Waals surface area contributed by atoms with E-state index in [9.17, 15) is 23.3 Å². The summed E-state index contributed by atoms with van der Waals surface area (Å²) in [5.74, 6) is 0. The minimum absolute atomic E-state index is 0.517. The van der Waals surface area contributed by atoms with Gasteiger partial charge in [-0.25, -0.2) is 0 Å². The molecule has 0 unspecified atom stereocenters. The molecule has 0 aliphatic rings. The van der Waals surface area contributed by atoms with Gasteiger partial charge in [0.05, 0.1) is 4.92 Å². The summed E-state index contributed by atoms with van der Waals surface area (Å²) in [4.78, 5) is 8.83. The van der Waals surface area contributed by atoms with Crippen LogP contribution in [0, 0.1) is 10.1 Å². The van der Waals surface area contributed by atoms with Gasteiger partial charge in [-0.1, -0.05) is 0 Å². The molecule has 1 heterocycles. The summed E-state index contributed by atoms with van der Waals surface area (Å²) in [6.07, 6.45) is -4.25. The molecule has 0 radical (unpaired) electrons. The van der Waals surface area contributed by atoms with Crippen molar-refractivity contribution >= 4 is 5.69 Å². The molecule has 1 N–H and O–H groups in total. The van der Waals surface area contributed by atoms with Crippen LogP contribution in [0.15, 0.2) is 6.20 Å². The molecule has 0 amide bonds. The van der Waals surface area contributed by atoms with Gasteiger partial charge in [-0.05, 0) is 0 Å². The van der Waals surface area contributed by atoms with Crippen molar-refractivity contribution in [3.63, 3.8) is 0 Å². The van der Waals surface area contributed by atoms with Crippen molar-refractivity contribution in [2.45, 2.75) is 6.18 Å². The molecule has 0 aromatic carbocycles. The lowest BCUT2D eigenvalue weighted by atomic mass is 10.4. The largest absolute Gasteiger partial charge is 0.439 e. The Labute approximate surface area is 63.3 Å². The number of halogens is 3. The number of alkyl halides is 3. The molecule has 66 valence electrons. The Morgan fingerprint density at radius 2 is 2.17 bits per heavy atom. The smallest absolute Gasteiger partial charge is 0.268 e. The van der Waals surface area contributed by atoms with E-state index >= 15 is 0 Å². The summed E-state index contributed by atoms with van der Waals surface area (Å²) in [5.41, 5.74) is -2.50. The molecular weight excluding hydrogens is 179 g/mol. The summed E-state index contributed by atoms with van der Waals surface area (Å²) in [7, 11) is 0. The number of nitrogens with one attached hydrogen (secondary N) is 1. The van der Waals surface area contributed by atoms with Gasteiger partial charge in [0.2, 0.25) is 5.69 Å². The Morgan fingerprint density at radius 1 is 1.58 bits per heavy atom. The van der Waals surface area contributed by atoms with Gasteiger partial charge in [-0.15, -0.1) is 0 Å². The number of hydrogen-bond acceptors (Lipinski definition) is 3. The van der Waals surface area contributed by atoms with E-state index < -0.39 is 22.5 Å². The van der Waals surface area contributed by atoms with Gasteiger partial charge in [-0.3, -0.25) is 15.2 Å². The molecule has 1 aromatic rings. The summed E-state index contributed by atoms with van der Waals surface area (Å²) < 4.78 is 35.6. The van der Waals surface area contributed by atoms with Crippen LogP contribution < -0.4 is 0 Å². The van der Waals surface area contributed by atoms with E-state index in [1.54, 1.807) is 0 Å². The van der Waals surface area contributed by atoms with Crippen molar-refractivity contribution in [3.8, 4) is 0 Å². The lowest BCUT2D eigenvalue weighted by molar-refractivity contribution is -0.388. The maximum atomic E-state index is 11.9. The fourth-order valence-electron chi connectivity index (χ4n) is 0.627. The maximum absolute atomic E-state index is 11.9. The lowest BCUT2D eigenvalue weighted by Crippen LogP contribution is -2.08. The van der Waals surface area contributed by atoms with E-state index in [0.29, 0.717) is 6.20 Å². The fourth-order valence-corrected chi connectivity index (χ4v) is 0.627. The zero-order valence-electron chi connectivity index (χ0n) is 5.42. The van der Waals surface area contributed by atoms with Gasteiger partial charge in [0.25, 0.3) is 0 Å². The van der Waals surface area contributed by atoms with Crippen molar-refractivity contribution < 1.29 is 18.1 Å².